The van der Waals surface area contributed by atoms with Gasteiger partial charge in [-0.1, -0.05) is 54.6 Å². The maximum atomic E-state index is 13.8. The monoisotopic (exact) mass is 436 g/mol. The first kappa shape index (κ1) is 23.3. The third-order valence-electron chi connectivity index (χ3n) is 5.21. The van der Waals surface area contributed by atoms with Gasteiger partial charge in [0.15, 0.2) is 0 Å². The number of fused-ring (bicyclic) bond motifs is 1. The van der Waals surface area contributed by atoms with Crippen molar-refractivity contribution in [1.29, 1.82) is 0 Å². The Morgan fingerprint density at radius 3 is 2.31 bits per heavy atom. The predicted molar refractivity (Wildman–Crippen MR) is 119 cm³/mol. The molecule has 0 saturated heterocycles. The second kappa shape index (κ2) is 8.61. The number of hydrogen-bond acceptors (Lipinski definition) is 6. The van der Waals surface area contributed by atoms with Crippen molar-refractivity contribution in [3.8, 4) is 0 Å². The summed E-state index contributed by atoms with van der Waals surface area (Å²) < 4.78 is 16.8. The number of hydrogen-bond donors (Lipinski definition) is 0. The smallest absolute Gasteiger partial charge is 0.357 e. The van der Waals surface area contributed by atoms with E-state index in [-0.39, 0.29) is 17.7 Å². The number of carbonyl (C=O) groups excluding carboxylic acids is 3. The van der Waals surface area contributed by atoms with E-state index in [1.807, 2.05) is 19.1 Å². The van der Waals surface area contributed by atoms with Gasteiger partial charge in [0, 0.05) is 11.1 Å². The number of cyclic esters (lactones) is 1. The van der Waals surface area contributed by atoms with Gasteiger partial charge in [0.05, 0.1) is 18.1 Å². The quantitative estimate of drug-likeness (QED) is 0.374. The number of carbonyl (C=O) groups is 3. The van der Waals surface area contributed by atoms with Crippen LogP contribution in [0.15, 0.2) is 60.7 Å². The van der Waals surface area contributed by atoms with Crippen molar-refractivity contribution in [2.24, 2.45) is 0 Å². The summed E-state index contributed by atoms with van der Waals surface area (Å²) in [6.07, 6.45) is 0. The summed E-state index contributed by atoms with van der Waals surface area (Å²) in [5.74, 6) is -3.18. The van der Waals surface area contributed by atoms with Crippen LogP contribution >= 0.6 is 0 Å². The molecule has 1 aliphatic rings. The lowest BCUT2D eigenvalue weighted by Crippen LogP contribution is -2.47. The summed E-state index contributed by atoms with van der Waals surface area (Å²) in [5, 5.41) is 0. The summed E-state index contributed by atoms with van der Waals surface area (Å²) in [5.41, 5.74) is -0.668. The molecule has 1 aliphatic heterocycles. The van der Waals surface area contributed by atoms with E-state index in [0.717, 1.165) is 5.56 Å². The van der Waals surface area contributed by atoms with Gasteiger partial charge in [-0.2, -0.15) is 0 Å². The van der Waals surface area contributed by atoms with Crippen molar-refractivity contribution < 1.29 is 28.6 Å². The van der Waals surface area contributed by atoms with Gasteiger partial charge in [-0.15, -0.1) is 0 Å². The predicted octanol–water partition coefficient (Wildman–Crippen LogP) is 4.61. The van der Waals surface area contributed by atoms with Crippen LogP contribution in [0.3, 0.4) is 0 Å². The average molecular weight is 437 g/mol. The summed E-state index contributed by atoms with van der Waals surface area (Å²) in [4.78, 5) is 39.5. The van der Waals surface area contributed by atoms with Crippen LogP contribution in [0.5, 0.6) is 0 Å². The van der Waals surface area contributed by atoms with E-state index in [1.165, 1.54) is 0 Å². The zero-order valence-corrected chi connectivity index (χ0v) is 19.1. The molecular weight excluding hydrogens is 408 g/mol. The Kier molecular flexibility index (Phi) is 6.26. The van der Waals surface area contributed by atoms with Crippen molar-refractivity contribution in [2.45, 2.75) is 51.7 Å². The summed E-state index contributed by atoms with van der Waals surface area (Å²) in [6.45, 7) is 12.9. The molecule has 6 heteroatoms. The van der Waals surface area contributed by atoms with Crippen LogP contribution in [0.4, 0.5) is 0 Å². The van der Waals surface area contributed by atoms with Crippen LogP contribution in [0.1, 0.15) is 60.7 Å². The molecule has 0 unspecified atom stereocenters. The number of rotatable bonds is 6. The van der Waals surface area contributed by atoms with Gasteiger partial charge in [-0.05, 0) is 46.2 Å². The molecule has 0 aliphatic carbocycles. The van der Waals surface area contributed by atoms with Crippen LogP contribution in [0.25, 0.3) is 0 Å². The van der Waals surface area contributed by atoms with Crippen molar-refractivity contribution in [2.75, 3.05) is 6.61 Å². The topological polar surface area (TPSA) is 78.9 Å². The molecule has 0 N–H and O–H groups in total. The fourth-order valence-electron chi connectivity index (χ4n) is 3.86. The van der Waals surface area contributed by atoms with Crippen molar-refractivity contribution in [3.63, 3.8) is 0 Å². The van der Waals surface area contributed by atoms with E-state index in [4.69, 9.17) is 14.2 Å². The molecule has 2 aromatic carbocycles. The Morgan fingerprint density at radius 2 is 1.72 bits per heavy atom. The van der Waals surface area contributed by atoms with Gasteiger partial charge in [0.2, 0.25) is 5.60 Å². The van der Waals surface area contributed by atoms with Crippen molar-refractivity contribution in [1.82, 2.24) is 0 Å². The molecule has 1 heterocycles. The highest BCUT2D eigenvalue weighted by molar-refractivity contribution is 6.03. The Hall–Kier alpha value is -3.41. The van der Waals surface area contributed by atoms with Crippen molar-refractivity contribution >= 4 is 17.9 Å². The van der Waals surface area contributed by atoms with Gasteiger partial charge in [0.25, 0.3) is 0 Å². The van der Waals surface area contributed by atoms with Gasteiger partial charge < -0.3 is 14.2 Å². The maximum Gasteiger partial charge on any atom is 0.357 e. The fraction of sp³-hybridized carbons (Fsp3) is 0.346. The third kappa shape index (κ3) is 4.17. The van der Waals surface area contributed by atoms with E-state index in [1.54, 1.807) is 64.1 Å². The molecule has 2 aromatic rings. The first-order valence-electron chi connectivity index (χ1n) is 10.5. The lowest BCUT2D eigenvalue weighted by molar-refractivity contribution is -0.179. The maximum absolute atomic E-state index is 13.8. The van der Waals surface area contributed by atoms with E-state index >= 15 is 0 Å². The molecule has 3 rings (SSSR count). The van der Waals surface area contributed by atoms with E-state index in [2.05, 4.69) is 6.58 Å². The Morgan fingerprint density at radius 1 is 1.09 bits per heavy atom. The number of benzene rings is 2. The number of ether oxygens (including phenoxy) is 3. The van der Waals surface area contributed by atoms with Gasteiger partial charge in [-0.25, -0.2) is 14.4 Å². The van der Waals surface area contributed by atoms with Crippen LogP contribution in [-0.2, 0) is 29.4 Å². The molecular formula is C26H28O6. The summed E-state index contributed by atoms with van der Waals surface area (Å²) >= 11 is 0. The molecule has 0 saturated carbocycles. The molecule has 0 bridgehead atoms. The standard InChI is InChI=1S/C26H28O6/c1-7-30-22(27)17(3)21(18-14-12-16(2)13-15-18)26(24(29)32-25(4,5)6)20-11-9-8-10-19(20)23(28)31-26/h8-15,21H,3,7H2,1-2,4-6H3/t21-,26-/m1/s1. The number of aryl methyl sites for hydroxylation is 1. The zero-order valence-electron chi connectivity index (χ0n) is 19.1. The first-order chi connectivity index (χ1) is 15.0. The second-order valence-corrected chi connectivity index (χ2v) is 8.76. The van der Waals surface area contributed by atoms with Gasteiger partial charge in [-0.3, -0.25) is 0 Å². The molecule has 0 amide bonds. The Bertz CT molecular complexity index is 1060. The highest BCUT2D eigenvalue weighted by Gasteiger charge is 2.60. The largest absolute Gasteiger partial charge is 0.463 e. The first-order valence-corrected chi connectivity index (χ1v) is 10.5. The molecule has 168 valence electrons. The molecule has 0 fully saturated rings. The molecule has 2 atom stereocenters. The number of esters is 3. The third-order valence-corrected chi connectivity index (χ3v) is 5.21. The molecule has 0 aromatic heterocycles. The minimum Gasteiger partial charge on any atom is -0.463 e. The second-order valence-electron chi connectivity index (χ2n) is 8.76. The zero-order chi connectivity index (χ0) is 23.7. The highest BCUT2D eigenvalue weighted by Crippen LogP contribution is 2.51. The highest BCUT2D eigenvalue weighted by atomic mass is 16.6. The van der Waals surface area contributed by atoms with Crippen LogP contribution < -0.4 is 0 Å². The normalized spacial score (nSPS) is 18.3. The SMILES string of the molecule is C=C(C(=O)OCC)[C@H](c1ccc(C)cc1)[C@]1(C(=O)OC(C)(C)C)OC(=O)c2ccccc21. The van der Waals surface area contributed by atoms with E-state index < -0.39 is 35.0 Å². The summed E-state index contributed by atoms with van der Waals surface area (Å²) in [6, 6.07) is 13.9. The Labute approximate surface area is 188 Å². The minimum atomic E-state index is -1.93. The van der Waals surface area contributed by atoms with Crippen molar-refractivity contribution in [3.05, 3.63) is 82.9 Å². The molecule has 6 nitrogen and oxygen atoms in total. The van der Waals surface area contributed by atoms with Gasteiger partial charge in [0.1, 0.15) is 5.60 Å². The average Bonchev–Trinajstić information content (AvgIpc) is 3.02. The fourth-order valence-corrected chi connectivity index (χ4v) is 3.86. The van der Waals surface area contributed by atoms with Crippen LogP contribution in [-0.4, -0.2) is 30.1 Å². The Balaban J connectivity index is 2.31. The minimum absolute atomic E-state index is 0.00827. The van der Waals surface area contributed by atoms with Gasteiger partial charge >= 0.3 is 17.9 Å². The molecule has 0 radical (unpaired) electrons. The lowest BCUT2D eigenvalue weighted by Gasteiger charge is -2.37. The molecule has 0 spiro atoms. The van der Waals surface area contributed by atoms with Crippen LogP contribution in [0.2, 0.25) is 0 Å². The molecule has 32 heavy (non-hydrogen) atoms. The lowest BCUT2D eigenvalue weighted by atomic mass is 9.73. The van der Waals surface area contributed by atoms with E-state index in [0.29, 0.717) is 11.1 Å². The van der Waals surface area contributed by atoms with E-state index in [9.17, 15) is 14.4 Å². The van der Waals surface area contributed by atoms with Crippen LogP contribution in [0, 0.1) is 6.92 Å². The summed E-state index contributed by atoms with van der Waals surface area (Å²) in [7, 11) is 0.